The molecule has 0 fully saturated rings. The molecule has 0 aliphatic rings. The van der Waals surface area contributed by atoms with Crippen LogP contribution in [-0.4, -0.2) is 24.7 Å². The van der Waals surface area contributed by atoms with E-state index in [1.54, 1.807) is 29.2 Å². The molecule has 3 heterocycles. The smallest absolute Gasteiger partial charge is 0.224 e. The molecule has 0 spiro atoms. The van der Waals surface area contributed by atoms with Crippen molar-refractivity contribution in [2.45, 2.75) is 0 Å². The Labute approximate surface area is 106 Å². The van der Waals surface area contributed by atoms with E-state index in [-0.39, 0.29) is 5.28 Å². The second kappa shape index (κ2) is 4.05. The molecule has 3 rings (SSSR count). The number of rotatable bonds is 1. The molecule has 7 heteroatoms. The zero-order valence-corrected chi connectivity index (χ0v) is 9.70. The maximum absolute atomic E-state index is 8.72. The summed E-state index contributed by atoms with van der Waals surface area (Å²) in [4.78, 5) is 12.1. The third kappa shape index (κ3) is 1.67. The van der Waals surface area contributed by atoms with E-state index in [0.29, 0.717) is 17.0 Å². The molecule has 0 unspecified atom stereocenters. The lowest BCUT2D eigenvalue weighted by molar-refractivity contribution is 0.861. The largest absolute Gasteiger partial charge is 0.236 e. The predicted molar refractivity (Wildman–Crippen MR) is 64.2 cm³/mol. The zero-order chi connectivity index (χ0) is 12.5. The summed E-state index contributed by atoms with van der Waals surface area (Å²) in [5, 5.41) is 13.8. The first-order valence-corrected chi connectivity index (χ1v) is 5.38. The normalized spacial score (nSPS) is 10.4. The molecule has 0 saturated heterocycles. The number of aromatic nitrogens is 5. The molecular formula is C11H5ClN6. The first-order chi connectivity index (χ1) is 8.78. The number of pyridine rings is 1. The molecule has 0 radical (unpaired) electrons. The molecule has 0 bridgehead atoms. The molecule has 18 heavy (non-hydrogen) atoms. The fourth-order valence-corrected chi connectivity index (χ4v) is 1.67. The Morgan fingerprint density at radius 2 is 2.06 bits per heavy atom. The van der Waals surface area contributed by atoms with Gasteiger partial charge in [-0.3, -0.25) is 0 Å². The van der Waals surface area contributed by atoms with Gasteiger partial charge >= 0.3 is 0 Å². The minimum absolute atomic E-state index is 0.151. The molecule has 3 aromatic rings. The summed E-state index contributed by atoms with van der Waals surface area (Å²) in [6.07, 6.45) is 4.70. The van der Waals surface area contributed by atoms with Gasteiger partial charge in [-0.1, -0.05) is 0 Å². The molecule has 0 amide bonds. The van der Waals surface area contributed by atoms with E-state index in [4.69, 9.17) is 16.9 Å². The van der Waals surface area contributed by atoms with Gasteiger partial charge in [0.05, 0.1) is 17.1 Å². The average Bonchev–Trinajstić information content (AvgIpc) is 2.82. The van der Waals surface area contributed by atoms with Crippen molar-refractivity contribution in [1.29, 1.82) is 5.26 Å². The van der Waals surface area contributed by atoms with Gasteiger partial charge in [0.1, 0.15) is 6.07 Å². The minimum atomic E-state index is 0.151. The van der Waals surface area contributed by atoms with Crippen LogP contribution in [0.25, 0.3) is 16.9 Å². The lowest BCUT2D eigenvalue weighted by Gasteiger charge is -2.01. The van der Waals surface area contributed by atoms with E-state index in [1.807, 2.05) is 6.07 Å². The molecular weight excluding hydrogens is 252 g/mol. The van der Waals surface area contributed by atoms with Gasteiger partial charge in [-0.05, 0) is 23.7 Å². The standard InChI is InChI=1S/C11H5ClN6/c12-11-15-5-8-6-16-18(10(8)17-11)9-2-1-7(3-13)4-14-9/h1-2,4-6H. The first-order valence-electron chi connectivity index (χ1n) is 5.01. The molecule has 0 aromatic carbocycles. The Kier molecular flexibility index (Phi) is 2.39. The summed E-state index contributed by atoms with van der Waals surface area (Å²) in [6, 6.07) is 5.37. The van der Waals surface area contributed by atoms with Crippen molar-refractivity contribution >= 4 is 22.6 Å². The second-order valence-corrected chi connectivity index (χ2v) is 3.83. The highest BCUT2D eigenvalue weighted by atomic mass is 35.5. The maximum atomic E-state index is 8.72. The van der Waals surface area contributed by atoms with E-state index < -0.39 is 0 Å². The number of nitriles is 1. The molecule has 0 aliphatic carbocycles. The Hall–Kier alpha value is -2.52. The topological polar surface area (TPSA) is 80.3 Å². The van der Waals surface area contributed by atoms with Crippen LogP contribution in [0.4, 0.5) is 0 Å². The summed E-state index contributed by atoms with van der Waals surface area (Å²) >= 11 is 5.76. The molecule has 6 nitrogen and oxygen atoms in total. The molecule has 0 atom stereocenters. The molecule has 0 saturated carbocycles. The van der Waals surface area contributed by atoms with Crippen molar-refractivity contribution in [2.75, 3.05) is 0 Å². The molecule has 3 aromatic heterocycles. The van der Waals surface area contributed by atoms with Crippen LogP contribution in [0.3, 0.4) is 0 Å². The van der Waals surface area contributed by atoms with Crippen LogP contribution in [0.2, 0.25) is 5.28 Å². The van der Waals surface area contributed by atoms with Crippen molar-refractivity contribution in [1.82, 2.24) is 24.7 Å². The van der Waals surface area contributed by atoms with E-state index >= 15 is 0 Å². The number of hydrogen-bond acceptors (Lipinski definition) is 5. The maximum Gasteiger partial charge on any atom is 0.224 e. The highest BCUT2D eigenvalue weighted by molar-refractivity contribution is 6.28. The third-order valence-corrected chi connectivity index (χ3v) is 2.56. The molecule has 0 N–H and O–H groups in total. The second-order valence-electron chi connectivity index (χ2n) is 3.49. The number of halogens is 1. The van der Waals surface area contributed by atoms with E-state index in [2.05, 4.69) is 20.1 Å². The summed E-state index contributed by atoms with van der Waals surface area (Å²) in [6.45, 7) is 0. The first kappa shape index (κ1) is 10.6. The van der Waals surface area contributed by atoms with E-state index in [0.717, 1.165) is 5.39 Å². The van der Waals surface area contributed by atoms with Gasteiger partial charge in [0.25, 0.3) is 0 Å². The summed E-state index contributed by atoms with van der Waals surface area (Å²) in [5.74, 6) is 0.568. The summed E-state index contributed by atoms with van der Waals surface area (Å²) in [7, 11) is 0. The van der Waals surface area contributed by atoms with E-state index in [9.17, 15) is 0 Å². The van der Waals surface area contributed by atoms with Gasteiger partial charge < -0.3 is 0 Å². The van der Waals surface area contributed by atoms with Crippen molar-refractivity contribution < 1.29 is 0 Å². The highest BCUT2D eigenvalue weighted by Gasteiger charge is 2.08. The van der Waals surface area contributed by atoms with Crippen LogP contribution < -0.4 is 0 Å². The molecule has 86 valence electrons. The predicted octanol–water partition coefficient (Wildman–Crippen LogP) is 1.74. The van der Waals surface area contributed by atoms with Crippen LogP contribution in [0, 0.1) is 11.3 Å². The third-order valence-electron chi connectivity index (χ3n) is 2.37. The Bertz CT molecular complexity index is 755. The van der Waals surface area contributed by atoms with Crippen LogP contribution in [0.1, 0.15) is 5.56 Å². The monoisotopic (exact) mass is 256 g/mol. The lowest BCUT2D eigenvalue weighted by Crippen LogP contribution is -2.00. The Morgan fingerprint density at radius 1 is 1.17 bits per heavy atom. The quantitative estimate of drug-likeness (QED) is 0.620. The van der Waals surface area contributed by atoms with Crippen molar-refractivity contribution in [2.24, 2.45) is 0 Å². The van der Waals surface area contributed by atoms with Gasteiger partial charge in [-0.25, -0.2) is 9.97 Å². The van der Waals surface area contributed by atoms with Gasteiger partial charge in [0, 0.05) is 12.4 Å². The number of fused-ring (bicyclic) bond motifs is 1. The Balaban J connectivity index is 2.19. The van der Waals surface area contributed by atoms with E-state index in [1.165, 1.54) is 6.20 Å². The van der Waals surface area contributed by atoms with Crippen molar-refractivity contribution in [3.8, 4) is 11.9 Å². The SMILES string of the molecule is N#Cc1ccc(-n2ncc3cnc(Cl)nc32)nc1. The fraction of sp³-hybridized carbons (Fsp3) is 0. The molecule has 0 aliphatic heterocycles. The van der Waals surface area contributed by atoms with Crippen LogP contribution >= 0.6 is 11.6 Å². The van der Waals surface area contributed by atoms with Gasteiger partial charge in [-0.15, -0.1) is 0 Å². The summed E-state index contributed by atoms with van der Waals surface area (Å²) < 4.78 is 1.55. The number of nitrogens with zero attached hydrogens (tertiary/aromatic N) is 6. The Morgan fingerprint density at radius 3 is 2.78 bits per heavy atom. The van der Waals surface area contributed by atoms with Crippen molar-refractivity contribution in [3.63, 3.8) is 0 Å². The van der Waals surface area contributed by atoms with Crippen LogP contribution in [0.15, 0.2) is 30.7 Å². The van der Waals surface area contributed by atoms with Crippen LogP contribution in [-0.2, 0) is 0 Å². The van der Waals surface area contributed by atoms with Crippen LogP contribution in [0.5, 0.6) is 0 Å². The van der Waals surface area contributed by atoms with Crippen molar-refractivity contribution in [3.05, 3.63) is 41.6 Å². The van der Waals surface area contributed by atoms with Gasteiger partial charge in [-0.2, -0.15) is 20.0 Å². The lowest BCUT2D eigenvalue weighted by atomic mass is 10.3. The average molecular weight is 257 g/mol. The number of hydrogen-bond donors (Lipinski definition) is 0. The fourth-order valence-electron chi connectivity index (χ4n) is 1.54. The highest BCUT2D eigenvalue weighted by Crippen LogP contribution is 2.15. The minimum Gasteiger partial charge on any atom is -0.236 e. The van der Waals surface area contributed by atoms with Gasteiger partial charge in [0.15, 0.2) is 11.5 Å². The van der Waals surface area contributed by atoms with Gasteiger partial charge in [0.2, 0.25) is 5.28 Å². The summed E-state index contributed by atoms with van der Waals surface area (Å²) in [5.41, 5.74) is 1.06. The zero-order valence-electron chi connectivity index (χ0n) is 8.95.